The van der Waals surface area contributed by atoms with E-state index < -0.39 is 5.97 Å². The summed E-state index contributed by atoms with van der Waals surface area (Å²) in [5.41, 5.74) is 3.76. The van der Waals surface area contributed by atoms with Crippen LogP contribution in [0.25, 0.3) is 16.6 Å². The molecule has 0 aliphatic carbocycles. The van der Waals surface area contributed by atoms with Crippen molar-refractivity contribution in [1.82, 2.24) is 4.40 Å². The van der Waals surface area contributed by atoms with Gasteiger partial charge >= 0.3 is 5.97 Å². The van der Waals surface area contributed by atoms with E-state index in [4.69, 9.17) is 9.47 Å². The van der Waals surface area contributed by atoms with E-state index in [1.165, 1.54) is 0 Å². The standard InChI is InChI=1S/C20H19NO4/c1-4-25-20(23)19-16-7-5-6-10-21(16)17(12-22)18(19)15-9-8-14(24-3)11-13(15)2/h5-12H,4H2,1-3H3. The molecule has 0 fully saturated rings. The summed E-state index contributed by atoms with van der Waals surface area (Å²) < 4.78 is 12.2. The molecule has 0 aliphatic rings. The van der Waals surface area contributed by atoms with E-state index in [0.29, 0.717) is 22.3 Å². The summed E-state index contributed by atoms with van der Waals surface area (Å²) in [5.74, 6) is 0.278. The van der Waals surface area contributed by atoms with E-state index in [0.717, 1.165) is 23.2 Å². The number of aldehydes is 1. The lowest BCUT2D eigenvalue weighted by Gasteiger charge is -2.10. The van der Waals surface area contributed by atoms with Gasteiger partial charge in [0.15, 0.2) is 6.29 Å². The van der Waals surface area contributed by atoms with Gasteiger partial charge in [0.1, 0.15) is 5.75 Å². The minimum absolute atomic E-state index is 0.264. The van der Waals surface area contributed by atoms with Gasteiger partial charge in [0, 0.05) is 11.8 Å². The number of aromatic nitrogens is 1. The Morgan fingerprint density at radius 2 is 2.04 bits per heavy atom. The van der Waals surface area contributed by atoms with Crippen LogP contribution in [-0.2, 0) is 4.74 Å². The number of benzene rings is 1. The molecule has 2 aromatic heterocycles. The Labute approximate surface area is 145 Å². The fraction of sp³-hybridized carbons (Fsp3) is 0.200. The van der Waals surface area contributed by atoms with Crippen LogP contribution >= 0.6 is 0 Å². The molecule has 5 heteroatoms. The fourth-order valence-electron chi connectivity index (χ4n) is 3.08. The molecule has 0 aliphatic heterocycles. The van der Waals surface area contributed by atoms with Gasteiger partial charge in [0.2, 0.25) is 0 Å². The van der Waals surface area contributed by atoms with E-state index in [-0.39, 0.29) is 6.61 Å². The van der Waals surface area contributed by atoms with Gasteiger partial charge in [-0.1, -0.05) is 12.1 Å². The maximum Gasteiger partial charge on any atom is 0.340 e. The highest BCUT2D eigenvalue weighted by Gasteiger charge is 2.26. The Kier molecular flexibility index (Phi) is 4.57. The third-order valence-corrected chi connectivity index (χ3v) is 4.18. The van der Waals surface area contributed by atoms with Crippen molar-refractivity contribution in [3.05, 3.63) is 59.4 Å². The van der Waals surface area contributed by atoms with Crippen molar-refractivity contribution in [1.29, 1.82) is 0 Å². The molecule has 0 amide bonds. The molecule has 128 valence electrons. The largest absolute Gasteiger partial charge is 0.497 e. The average Bonchev–Trinajstić information content (AvgIpc) is 2.95. The average molecular weight is 337 g/mol. The molecular formula is C20H19NO4. The van der Waals surface area contributed by atoms with Crippen LogP contribution in [0.2, 0.25) is 0 Å². The van der Waals surface area contributed by atoms with E-state index in [2.05, 4.69) is 0 Å². The SMILES string of the molecule is CCOC(=O)c1c(-c2ccc(OC)cc2C)c(C=O)n2ccccc12. The molecule has 0 saturated heterocycles. The van der Waals surface area contributed by atoms with Crippen molar-refractivity contribution in [2.75, 3.05) is 13.7 Å². The minimum Gasteiger partial charge on any atom is -0.497 e. The first-order valence-electron chi connectivity index (χ1n) is 8.02. The number of ether oxygens (including phenoxy) is 2. The van der Waals surface area contributed by atoms with Crippen LogP contribution < -0.4 is 4.74 Å². The van der Waals surface area contributed by atoms with Crippen LogP contribution in [0.3, 0.4) is 0 Å². The van der Waals surface area contributed by atoms with E-state index in [9.17, 15) is 9.59 Å². The highest BCUT2D eigenvalue weighted by atomic mass is 16.5. The number of nitrogens with zero attached hydrogens (tertiary/aromatic N) is 1. The number of esters is 1. The minimum atomic E-state index is -0.440. The number of hydrogen-bond acceptors (Lipinski definition) is 4. The van der Waals surface area contributed by atoms with E-state index in [1.807, 2.05) is 43.3 Å². The van der Waals surface area contributed by atoms with Crippen LogP contribution in [0, 0.1) is 6.92 Å². The molecule has 3 rings (SSSR count). The number of rotatable bonds is 5. The number of methoxy groups -OCH3 is 1. The Balaban J connectivity index is 2.38. The summed E-state index contributed by atoms with van der Waals surface area (Å²) in [7, 11) is 1.60. The normalized spacial score (nSPS) is 10.7. The van der Waals surface area contributed by atoms with Gasteiger partial charge in [0.05, 0.1) is 30.5 Å². The maximum absolute atomic E-state index is 12.6. The highest BCUT2D eigenvalue weighted by molar-refractivity contribution is 6.09. The van der Waals surface area contributed by atoms with Crippen molar-refractivity contribution in [2.24, 2.45) is 0 Å². The zero-order valence-corrected chi connectivity index (χ0v) is 14.4. The van der Waals surface area contributed by atoms with Gasteiger partial charge in [-0.15, -0.1) is 0 Å². The summed E-state index contributed by atoms with van der Waals surface area (Å²) in [6.07, 6.45) is 2.54. The number of hydrogen-bond donors (Lipinski definition) is 0. The molecule has 5 nitrogen and oxygen atoms in total. The molecule has 0 spiro atoms. The predicted octanol–water partition coefficient (Wildman–Crippen LogP) is 3.91. The predicted molar refractivity (Wildman–Crippen MR) is 95.5 cm³/mol. The molecule has 3 aromatic rings. The van der Waals surface area contributed by atoms with Gasteiger partial charge in [-0.25, -0.2) is 4.79 Å². The smallest absolute Gasteiger partial charge is 0.340 e. The molecule has 0 unspecified atom stereocenters. The zero-order chi connectivity index (χ0) is 18.0. The second kappa shape index (κ2) is 6.81. The van der Waals surface area contributed by atoms with Crippen LogP contribution in [-0.4, -0.2) is 30.4 Å². The number of carbonyl (C=O) groups excluding carboxylic acids is 2. The van der Waals surface area contributed by atoms with Crippen molar-refractivity contribution in [2.45, 2.75) is 13.8 Å². The molecule has 0 N–H and O–H groups in total. The molecular weight excluding hydrogens is 318 g/mol. The first kappa shape index (κ1) is 16.8. The summed E-state index contributed by atoms with van der Waals surface area (Å²) in [5, 5.41) is 0. The third-order valence-electron chi connectivity index (χ3n) is 4.18. The monoisotopic (exact) mass is 337 g/mol. The molecule has 0 saturated carbocycles. The van der Waals surface area contributed by atoms with E-state index in [1.54, 1.807) is 24.6 Å². The van der Waals surface area contributed by atoms with Crippen LogP contribution in [0.1, 0.15) is 33.3 Å². The maximum atomic E-state index is 12.6. The van der Waals surface area contributed by atoms with Crippen molar-refractivity contribution in [3.8, 4) is 16.9 Å². The topological polar surface area (TPSA) is 57.0 Å². The molecule has 0 atom stereocenters. The summed E-state index contributed by atoms with van der Waals surface area (Å²) >= 11 is 0. The van der Waals surface area contributed by atoms with Gasteiger partial charge in [0.25, 0.3) is 0 Å². The Bertz CT molecular complexity index is 956. The third kappa shape index (κ3) is 2.78. The van der Waals surface area contributed by atoms with Gasteiger partial charge in [-0.05, 0) is 49.2 Å². The number of aryl methyl sites for hydroxylation is 1. The van der Waals surface area contributed by atoms with Crippen molar-refractivity contribution < 1.29 is 19.1 Å². The first-order valence-corrected chi connectivity index (χ1v) is 8.02. The second-order valence-corrected chi connectivity index (χ2v) is 5.61. The van der Waals surface area contributed by atoms with Crippen LogP contribution in [0.15, 0.2) is 42.6 Å². The fourth-order valence-corrected chi connectivity index (χ4v) is 3.08. The Hall–Kier alpha value is -3.08. The quantitative estimate of drug-likeness (QED) is 0.523. The zero-order valence-electron chi connectivity index (χ0n) is 14.4. The number of carbonyl (C=O) groups is 2. The lowest BCUT2D eigenvalue weighted by molar-refractivity contribution is 0.0529. The molecule has 0 radical (unpaired) electrons. The van der Waals surface area contributed by atoms with Gasteiger partial charge < -0.3 is 13.9 Å². The molecule has 1 aromatic carbocycles. The lowest BCUT2D eigenvalue weighted by Crippen LogP contribution is -2.06. The summed E-state index contributed by atoms with van der Waals surface area (Å²) in [4.78, 5) is 24.5. The molecule has 0 bridgehead atoms. The van der Waals surface area contributed by atoms with Crippen LogP contribution in [0.4, 0.5) is 0 Å². The van der Waals surface area contributed by atoms with E-state index >= 15 is 0 Å². The summed E-state index contributed by atoms with van der Waals surface area (Å²) in [6, 6.07) is 11.0. The van der Waals surface area contributed by atoms with Gasteiger partial charge in [-0.3, -0.25) is 4.79 Å². The number of pyridine rings is 1. The lowest BCUT2D eigenvalue weighted by atomic mass is 9.96. The van der Waals surface area contributed by atoms with Crippen LogP contribution in [0.5, 0.6) is 5.75 Å². The van der Waals surface area contributed by atoms with Gasteiger partial charge in [-0.2, -0.15) is 0 Å². The molecule has 2 heterocycles. The van der Waals surface area contributed by atoms with Crippen molar-refractivity contribution in [3.63, 3.8) is 0 Å². The number of fused-ring (bicyclic) bond motifs is 1. The first-order chi connectivity index (χ1) is 12.1. The second-order valence-electron chi connectivity index (χ2n) is 5.61. The molecule has 25 heavy (non-hydrogen) atoms. The Morgan fingerprint density at radius 3 is 2.68 bits per heavy atom. The summed E-state index contributed by atoms with van der Waals surface area (Å²) in [6.45, 7) is 3.94. The Morgan fingerprint density at radius 1 is 1.24 bits per heavy atom. The highest BCUT2D eigenvalue weighted by Crippen LogP contribution is 2.36. The van der Waals surface area contributed by atoms with Crippen molar-refractivity contribution >= 4 is 17.8 Å².